The van der Waals surface area contributed by atoms with Crippen molar-refractivity contribution in [2.75, 3.05) is 19.8 Å². The summed E-state index contributed by atoms with van der Waals surface area (Å²) in [4.78, 5) is 0. The summed E-state index contributed by atoms with van der Waals surface area (Å²) in [6.45, 7) is 5.07. The Morgan fingerprint density at radius 1 is 0.933 bits per heavy atom. The Bertz CT molecular complexity index is 234. The molecule has 0 bridgehead atoms. The molecule has 0 amide bonds. The lowest BCUT2D eigenvalue weighted by Gasteiger charge is -2.05. The van der Waals surface area contributed by atoms with Gasteiger partial charge in [-0.15, -0.1) is 0 Å². The van der Waals surface area contributed by atoms with Crippen LogP contribution in [0.4, 0.5) is 0 Å². The smallest absolute Gasteiger partial charge is 0.0718 e. The highest BCUT2D eigenvalue weighted by atomic mass is 16.5. The van der Waals surface area contributed by atoms with Crippen LogP contribution in [0.3, 0.4) is 0 Å². The maximum absolute atomic E-state index is 5.47. The van der Waals surface area contributed by atoms with Crippen molar-refractivity contribution >= 4 is 0 Å². The molecule has 1 aromatic rings. The lowest BCUT2D eigenvalue weighted by Crippen LogP contribution is -2.05. The molecule has 0 aliphatic carbocycles. The Morgan fingerprint density at radius 3 is 2.40 bits per heavy atom. The predicted molar refractivity (Wildman–Crippen MR) is 61.8 cm³/mol. The van der Waals surface area contributed by atoms with Gasteiger partial charge >= 0.3 is 0 Å². The van der Waals surface area contributed by atoms with Crippen LogP contribution in [0.25, 0.3) is 0 Å². The SMILES string of the molecule is CCCCOCCOCc1ccccc1. The van der Waals surface area contributed by atoms with Crippen LogP contribution in [0.1, 0.15) is 25.3 Å². The molecule has 2 heteroatoms. The zero-order chi connectivity index (χ0) is 10.8. The van der Waals surface area contributed by atoms with E-state index in [0.717, 1.165) is 13.0 Å². The molecule has 2 nitrogen and oxygen atoms in total. The van der Waals surface area contributed by atoms with Crippen LogP contribution < -0.4 is 0 Å². The van der Waals surface area contributed by atoms with E-state index in [9.17, 15) is 0 Å². The molecule has 0 saturated carbocycles. The van der Waals surface area contributed by atoms with Crippen LogP contribution >= 0.6 is 0 Å². The molecule has 0 unspecified atom stereocenters. The van der Waals surface area contributed by atoms with Gasteiger partial charge in [-0.05, 0) is 12.0 Å². The van der Waals surface area contributed by atoms with E-state index in [2.05, 4.69) is 19.1 Å². The molecule has 0 spiro atoms. The largest absolute Gasteiger partial charge is 0.379 e. The first-order chi connectivity index (χ1) is 7.43. The van der Waals surface area contributed by atoms with E-state index < -0.39 is 0 Å². The van der Waals surface area contributed by atoms with Crippen LogP contribution in [0, 0.1) is 0 Å². The van der Waals surface area contributed by atoms with Crippen LogP contribution in [0.2, 0.25) is 0 Å². The van der Waals surface area contributed by atoms with E-state index in [0.29, 0.717) is 19.8 Å². The molecule has 0 aliphatic rings. The molecule has 1 rings (SSSR count). The molecular weight excluding hydrogens is 188 g/mol. The molecule has 0 saturated heterocycles. The van der Waals surface area contributed by atoms with Gasteiger partial charge in [-0.1, -0.05) is 43.7 Å². The van der Waals surface area contributed by atoms with E-state index in [4.69, 9.17) is 9.47 Å². The third-order valence-electron chi connectivity index (χ3n) is 2.13. The van der Waals surface area contributed by atoms with Crippen molar-refractivity contribution in [2.45, 2.75) is 26.4 Å². The highest BCUT2D eigenvalue weighted by Crippen LogP contribution is 2.00. The molecule has 84 valence electrons. The summed E-state index contributed by atoms with van der Waals surface area (Å²) < 4.78 is 10.9. The second-order valence-electron chi connectivity index (χ2n) is 3.50. The summed E-state index contributed by atoms with van der Waals surface area (Å²) in [5, 5.41) is 0. The second-order valence-corrected chi connectivity index (χ2v) is 3.50. The van der Waals surface area contributed by atoms with E-state index in [1.165, 1.54) is 12.0 Å². The van der Waals surface area contributed by atoms with E-state index in [1.54, 1.807) is 0 Å². The van der Waals surface area contributed by atoms with E-state index >= 15 is 0 Å². The average molecular weight is 208 g/mol. The Balaban J connectivity index is 1.93. The maximum atomic E-state index is 5.47. The minimum absolute atomic E-state index is 0.679. The van der Waals surface area contributed by atoms with Crippen molar-refractivity contribution in [3.05, 3.63) is 35.9 Å². The van der Waals surface area contributed by atoms with Gasteiger partial charge in [0.25, 0.3) is 0 Å². The van der Waals surface area contributed by atoms with Crippen molar-refractivity contribution < 1.29 is 9.47 Å². The van der Waals surface area contributed by atoms with Gasteiger partial charge in [0.05, 0.1) is 19.8 Å². The first kappa shape index (κ1) is 12.2. The van der Waals surface area contributed by atoms with Gasteiger partial charge in [0.15, 0.2) is 0 Å². The van der Waals surface area contributed by atoms with Crippen molar-refractivity contribution in [3.8, 4) is 0 Å². The molecule has 0 heterocycles. The standard InChI is InChI=1S/C13H20O2/c1-2-3-9-14-10-11-15-12-13-7-5-4-6-8-13/h4-8H,2-3,9-12H2,1H3. The highest BCUT2D eigenvalue weighted by Gasteiger charge is 1.92. The first-order valence-corrected chi connectivity index (χ1v) is 5.63. The van der Waals surface area contributed by atoms with Crippen molar-refractivity contribution in [1.82, 2.24) is 0 Å². The normalized spacial score (nSPS) is 10.5. The molecule has 0 radical (unpaired) electrons. The fourth-order valence-corrected chi connectivity index (χ4v) is 1.23. The summed E-state index contributed by atoms with van der Waals surface area (Å²) in [5.74, 6) is 0. The van der Waals surface area contributed by atoms with Gasteiger partial charge in [-0.2, -0.15) is 0 Å². The van der Waals surface area contributed by atoms with Crippen LogP contribution in [-0.2, 0) is 16.1 Å². The zero-order valence-corrected chi connectivity index (χ0v) is 9.45. The Labute approximate surface area is 92.2 Å². The van der Waals surface area contributed by atoms with E-state index in [-0.39, 0.29) is 0 Å². The summed E-state index contributed by atoms with van der Waals surface area (Å²) in [6, 6.07) is 10.2. The topological polar surface area (TPSA) is 18.5 Å². The number of hydrogen-bond donors (Lipinski definition) is 0. The van der Waals surface area contributed by atoms with Gasteiger partial charge in [-0.3, -0.25) is 0 Å². The summed E-state index contributed by atoms with van der Waals surface area (Å²) in [5.41, 5.74) is 1.21. The minimum Gasteiger partial charge on any atom is -0.379 e. The minimum atomic E-state index is 0.679. The molecule has 1 aromatic carbocycles. The Kier molecular flexibility index (Phi) is 6.88. The van der Waals surface area contributed by atoms with Gasteiger partial charge < -0.3 is 9.47 Å². The fraction of sp³-hybridized carbons (Fsp3) is 0.538. The van der Waals surface area contributed by atoms with Crippen LogP contribution in [0.5, 0.6) is 0 Å². The third kappa shape index (κ3) is 6.26. The van der Waals surface area contributed by atoms with Crippen LogP contribution in [0.15, 0.2) is 30.3 Å². The predicted octanol–water partition coefficient (Wildman–Crippen LogP) is 3.02. The lowest BCUT2D eigenvalue weighted by molar-refractivity contribution is 0.0397. The molecule has 0 N–H and O–H groups in total. The van der Waals surface area contributed by atoms with Crippen molar-refractivity contribution in [1.29, 1.82) is 0 Å². The number of rotatable bonds is 8. The molecular formula is C13H20O2. The average Bonchev–Trinajstić information content (AvgIpc) is 2.29. The Morgan fingerprint density at radius 2 is 1.67 bits per heavy atom. The van der Waals surface area contributed by atoms with Crippen molar-refractivity contribution in [2.24, 2.45) is 0 Å². The number of benzene rings is 1. The zero-order valence-electron chi connectivity index (χ0n) is 9.45. The van der Waals surface area contributed by atoms with Gasteiger partial charge in [-0.25, -0.2) is 0 Å². The first-order valence-electron chi connectivity index (χ1n) is 5.63. The highest BCUT2D eigenvalue weighted by molar-refractivity contribution is 5.13. The van der Waals surface area contributed by atoms with E-state index in [1.807, 2.05) is 18.2 Å². The lowest BCUT2D eigenvalue weighted by atomic mass is 10.2. The molecule has 0 fully saturated rings. The Hall–Kier alpha value is -0.860. The van der Waals surface area contributed by atoms with Gasteiger partial charge in [0.2, 0.25) is 0 Å². The number of unbranched alkanes of at least 4 members (excludes halogenated alkanes) is 1. The third-order valence-corrected chi connectivity index (χ3v) is 2.13. The fourth-order valence-electron chi connectivity index (χ4n) is 1.23. The van der Waals surface area contributed by atoms with Gasteiger partial charge in [0, 0.05) is 6.61 Å². The quantitative estimate of drug-likeness (QED) is 0.611. The molecule has 0 aromatic heterocycles. The summed E-state index contributed by atoms with van der Waals surface area (Å²) in [7, 11) is 0. The molecule has 0 atom stereocenters. The summed E-state index contributed by atoms with van der Waals surface area (Å²) >= 11 is 0. The molecule has 15 heavy (non-hydrogen) atoms. The molecule has 0 aliphatic heterocycles. The monoisotopic (exact) mass is 208 g/mol. The number of ether oxygens (including phenoxy) is 2. The van der Waals surface area contributed by atoms with Crippen molar-refractivity contribution in [3.63, 3.8) is 0 Å². The summed E-state index contributed by atoms with van der Waals surface area (Å²) in [6.07, 6.45) is 2.32. The second kappa shape index (κ2) is 8.45. The number of hydrogen-bond acceptors (Lipinski definition) is 2. The maximum Gasteiger partial charge on any atom is 0.0718 e. The van der Waals surface area contributed by atoms with Gasteiger partial charge in [0.1, 0.15) is 0 Å². The van der Waals surface area contributed by atoms with Crippen LogP contribution in [-0.4, -0.2) is 19.8 Å².